The molecule has 1 aliphatic carbocycles. The molecule has 9 heteroatoms. The van der Waals surface area contributed by atoms with Crippen LogP contribution < -0.4 is 20.3 Å². The SMILES string of the molecule is CC(C)CCN(C)c1ccc(C(=O)N[C@H]2CCCC[C@H]2C(=O)NS(=O)(=O)c2ccccc2)cc1NCc1ccccc1. The Kier molecular flexibility index (Phi) is 10.6. The maximum absolute atomic E-state index is 13.5. The summed E-state index contributed by atoms with van der Waals surface area (Å²) in [4.78, 5) is 28.9. The van der Waals surface area contributed by atoms with Gasteiger partial charge in [0.05, 0.1) is 22.2 Å². The van der Waals surface area contributed by atoms with Crippen LogP contribution in [0, 0.1) is 11.8 Å². The molecule has 42 heavy (non-hydrogen) atoms. The monoisotopic (exact) mass is 590 g/mol. The number of carbonyl (C=O) groups excluding carboxylic acids is 2. The van der Waals surface area contributed by atoms with E-state index in [0.29, 0.717) is 30.9 Å². The van der Waals surface area contributed by atoms with Crippen molar-refractivity contribution in [3.63, 3.8) is 0 Å². The van der Waals surface area contributed by atoms with Gasteiger partial charge in [-0.15, -0.1) is 0 Å². The van der Waals surface area contributed by atoms with Crippen LogP contribution in [0.1, 0.15) is 61.9 Å². The normalized spacial score (nSPS) is 17.0. The van der Waals surface area contributed by atoms with Crippen LogP contribution in [0.15, 0.2) is 83.8 Å². The Labute approximate surface area is 250 Å². The Hall–Kier alpha value is -3.85. The average molecular weight is 591 g/mol. The van der Waals surface area contributed by atoms with Crippen LogP contribution in [-0.4, -0.2) is 39.9 Å². The largest absolute Gasteiger partial charge is 0.379 e. The summed E-state index contributed by atoms with van der Waals surface area (Å²) < 4.78 is 27.8. The molecule has 1 aliphatic rings. The fourth-order valence-electron chi connectivity index (χ4n) is 5.25. The van der Waals surface area contributed by atoms with Gasteiger partial charge in [-0.1, -0.05) is 75.2 Å². The highest BCUT2D eigenvalue weighted by atomic mass is 32.2. The first-order valence-electron chi connectivity index (χ1n) is 14.7. The summed E-state index contributed by atoms with van der Waals surface area (Å²) >= 11 is 0. The van der Waals surface area contributed by atoms with Crippen LogP contribution in [0.4, 0.5) is 11.4 Å². The van der Waals surface area contributed by atoms with E-state index in [4.69, 9.17) is 0 Å². The molecular weight excluding hydrogens is 548 g/mol. The van der Waals surface area contributed by atoms with E-state index in [0.717, 1.165) is 42.7 Å². The molecule has 0 radical (unpaired) electrons. The van der Waals surface area contributed by atoms with E-state index in [2.05, 4.69) is 53.3 Å². The summed E-state index contributed by atoms with van der Waals surface area (Å²) in [5, 5.41) is 6.56. The lowest BCUT2D eigenvalue weighted by Gasteiger charge is -2.31. The maximum Gasteiger partial charge on any atom is 0.264 e. The highest BCUT2D eigenvalue weighted by Gasteiger charge is 2.34. The van der Waals surface area contributed by atoms with Gasteiger partial charge in [0.1, 0.15) is 0 Å². The van der Waals surface area contributed by atoms with Gasteiger partial charge in [0.15, 0.2) is 0 Å². The Bertz CT molecular complexity index is 1450. The van der Waals surface area contributed by atoms with Gasteiger partial charge in [-0.2, -0.15) is 0 Å². The molecule has 0 bridgehead atoms. The van der Waals surface area contributed by atoms with E-state index in [1.54, 1.807) is 18.2 Å². The first-order valence-corrected chi connectivity index (χ1v) is 16.2. The van der Waals surface area contributed by atoms with Crippen LogP contribution in [-0.2, 0) is 21.4 Å². The number of anilines is 2. The van der Waals surface area contributed by atoms with E-state index in [1.807, 2.05) is 36.4 Å². The van der Waals surface area contributed by atoms with Gasteiger partial charge in [-0.25, -0.2) is 13.1 Å². The molecule has 4 rings (SSSR count). The summed E-state index contributed by atoms with van der Waals surface area (Å²) in [7, 11) is -1.94. The van der Waals surface area contributed by atoms with Gasteiger partial charge in [-0.3, -0.25) is 9.59 Å². The minimum absolute atomic E-state index is 0.0312. The molecule has 8 nitrogen and oxygen atoms in total. The number of carbonyl (C=O) groups is 2. The molecule has 0 aliphatic heterocycles. The number of benzene rings is 3. The molecule has 3 aromatic carbocycles. The predicted octanol–water partition coefficient (Wildman–Crippen LogP) is 5.57. The number of rotatable bonds is 12. The third-order valence-corrected chi connectivity index (χ3v) is 9.11. The zero-order valence-corrected chi connectivity index (χ0v) is 25.5. The Morgan fingerprint density at radius 3 is 2.29 bits per heavy atom. The molecule has 0 spiro atoms. The van der Waals surface area contributed by atoms with Crippen molar-refractivity contribution in [3.05, 3.63) is 90.0 Å². The second-order valence-electron chi connectivity index (χ2n) is 11.4. The summed E-state index contributed by atoms with van der Waals surface area (Å²) in [6, 6.07) is 23.1. The summed E-state index contributed by atoms with van der Waals surface area (Å²) in [5.74, 6) is -0.944. The molecule has 3 aromatic rings. The van der Waals surface area contributed by atoms with Gasteiger partial charge in [0, 0.05) is 31.7 Å². The summed E-state index contributed by atoms with van der Waals surface area (Å²) in [6.45, 7) is 5.89. The van der Waals surface area contributed by atoms with Gasteiger partial charge >= 0.3 is 0 Å². The number of hydrogen-bond donors (Lipinski definition) is 3. The Balaban J connectivity index is 1.50. The lowest BCUT2D eigenvalue weighted by Crippen LogP contribution is -2.49. The summed E-state index contributed by atoms with van der Waals surface area (Å²) in [5.41, 5.74) is 3.46. The minimum Gasteiger partial charge on any atom is -0.379 e. The zero-order chi connectivity index (χ0) is 30.1. The number of hydrogen-bond acceptors (Lipinski definition) is 6. The highest BCUT2D eigenvalue weighted by molar-refractivity contribution is 7.90. The van der Waals surface area contributed by atoms with E-state index in [9.17, 15) is 18.0 Å². The Morgan fingerprint density at radius 1 is 0.929 bits per heavy atom. The maximum atomic E-state index is 13.5. The van der Waals surface area contributed by atoms with Crippen LogP contribution in [0.5, 0.6) is 0 Å². The average Bonchev–Trinajstić information content (AvgIpc) is 2.99. The molecule has 2 amide bonds. The molecule has 224 valence electrons. The Morgan fingerprint density at radius 2 is 1.60 bits per heavy atom. The van der Waals surface area contributed by atoms with E-state index in [-0.39, 0.29) is 10.8 Å². The molecule has 0 heterocycles. The molecular formula is C33H42N4O4S. The van der Waals surface area contributed by atoms with Gasteiger partial charge in [-0.05, 0) is 61.1 Å². The van der Waals surface area contributed by atoms with Crippen molar-refractivity contribution >= 4 is 33.2 Å². The van der Waals surface area contributed by atoms with Crippen LogP contribution in [0.3, 0.4) is 0 Å². The van der Waals surface area contributed by atoms with Crippen LogP contribution in [0.2, 0.25) is 0 Å². The predicted molar refractivity (Wildman–Crippen MR) is 168 cm³/mol. The molecule has 3 N–H and O–H groups in total. The topological polar surface area (TPSA) is 108 Å². The number of nitrogens with zero attached hydrogens (tertiary/aromatic N) is 1. The number of amides is 2. The van der Waals surface area contributed by atoms with E-state index in [1.165, 1.54) is 12.1 Å². The van der Waals surface area contributed by atoms with Crippen molar-refractivity contribution in [2.24, 2.45) is 11.8 Å². The molecule has 0 unspecified atom stereocenters. The lowest BCUT2D eigenvalue weighted by molar-refractivity contribution is -0.124. The second-order valence-corrected chi connectivity index (χ2v) is 13.1. The van der Waals surface area contributed by atoms with E-state index < -0.39 is 27.9 Å². The third-order valence-electron chi connectivity index (χ3n) is 7.75. The second kappa shape index (κ2) is 14.4. The van der Waals surface area contributed by atoms with Crippen LogP contribution in [0.25, 0.3) is 0 Å². The number of sulfonamides is 1. The lowest BCUT2D eigenvalue weighted by atomic mass is 9.84. The first kappa shape index (κ1) is 31.1. The smallest absolute Gasteiger partial charge is 0.264 e. The van der Waals surface area contributed by atoms with Gasteiger partial charge < -0.3 is 15.5 Å². The van der Waals surface area contributed by atoms with Crippen LogP contribution >= 0.6 is 0 Å². The van der Waals surface area contributed by atoms with Gasteiger partial charge in [0.25, 0.3) is 15.9 Å². The zero-order valence-electron chi connectivity index (χ0n) is 24.7. The minimum atomic E-state index is -4.00. The quantitative estimate of drug-likeness (QED) is 0.254. The number of nitrogens with one attached hydrogen (secondary N) is 3. The third kappa shape index (κ3) is 8.35. The fourth-order valence-corrected chi connectivity index (χ4v) is 6.30. The van der Waals surface area contributed by atoms with Crippen molar-refractivity contribution in [3.8, 4) is 0 Å². The standard InChI is InChI=1S/C33H42N4O4S/c1-24(2)20-21-37(3)31-19-18-26(22-30(31)34-23-25-12-6-4-7-13-25)32(38)35-29-17-11-10-16-28(29)33(39)36-42(40,41)27-14-8-5-9-15-27/h4-9,12-15,18-19,22,24,28-29,34H,10-11,16-17,20-21,23H2,1-3H3,(H,35,38)(H,36,39)/t28-,29+/m1/s1. The highest BCUT2D eigenvalue weighted by Crippen LogP contribution is 2.29. The molecule has 1 saturated carbocycles. The molecule has 2 atom stereocenters. The van der Waals surface area contributed by atoms with Crippen molar-refractivity contribution in [1.29, 1.82) is 0 Å². The fraction of sp³-hybridized carbons (Fsp3) is 0.394. The van der Waals surface area contributed by atoms with Crippen molar-refractivity contribution in [1.82, 2.24) is 10.0 Å². The molecule has 0 aromatic heterocycles. The van der Waals surface area contributed by atoms with Crippen molar-refractivity contribution in [2.45, 2.75) is 63.4 Å². The van der Waals surface area contributed by atoms with E-state index >= 15 is 0 Å². The van der Waals surface area contributed by atoms with Gasteiger partial charge in [0.2, 0.25) is 5.91 Å². The van der Waals surface area contributed by atoms with Crippen molar-refractivity contribution < 1.29 is 18.0 Å². The summed E-state index contributed by atoms with van der Waals surface area (Å²) in [6.07, 6.45) is 3.79. The first-order chi connectivity index (χ1) is 20.1. The van der Waals surface area contributed by atoms with Crippen molar-refractivity contribution in [2.75, 3.05) is 23.8 Å². The molecule has 1 fully saturated rings. The molecule has 0 saturated heterocycles.